The Morgan fingerprint density at radius 1 is 1.42 bits per heavy atom. The highest BCUT2D eigenvalue weighted by Gasteiger charge is 2.33. The average Bonchev–Trinajstić information content (AvgIpc) is 2.16. The summed E-state index contributed by atoms with van der Waals surface area (Å²) in [5.41, 5.74) is 7.95. The Bertz CT molecular complexity index is 240. The maximum atomic E-state index is 13.1. The lowest BCUT2D eigenvalue weighted by atomic mass is 9.91. The van der Waals surface area contributed by atoms with Crippen molar-refractivity contribution < 1.29 is 4.39 Å². The van der Waals surface area contributed by atoms with Gasteiger partial charge in [0.2, 0.25) is 0 Å². The maximum Gasteiger partial charge on any atom is 0.121 e. The van der Waals surface area contributed by atoms with Crippen LogP contribution >= 0.6 is 0 Å². The predicted octanol–water partition coefficient (Wildman–Crippen LogP) is 2.40. The van der Waals surface area contributed by atoms with Crippen molar-refractivity contribution in [1.82, 2.24) is 0 Å². The first kappa shape index (κ1) is 9.30. The zero-order valence-electron chi connectivity index (χ0n) is 7.89. The first-order chi connectivity index (χ1) is 5.46. The molecule has 3 atom stereocenters. The van der Waals surface area contributed by atoms with Crippen molar-refractivity contribution in [1.29, 1.82) is 0 Å². The fourth-order valence-corrected chi connectivity index (χ4v) is 1.82. The lowest BCUT2D eigenvalue weighted by Crippen LogP contribution is -2.11. The highest BCUT2D eigenvalue weighted by atomic mass is 19.1. The van der Waals surface area contributed by atoms with Crippen LogP contribution in [0.25, 0.3) is 0 Å². The minimum absolute atomic E-state index is 0.206. The second-order valence-electron chi connectivity index (χ2n) is 3.59. The van der Waals surface area contributed by atoms with E-state index in [1.807, 2.05) is 13.8 Å². The van der Waals surface area contributed by atoms with Crippen LogP contribution in [-0.4, -0.2) is 6.17 Å². The van der Waals surface area contributed by atoms with Gasteiger partial charge in [0, 0.05) is 5.70 Å². The van der Waals surface area contributed by atoms with Crippen molar-refractivity contribution in [3.8, 4) is 0 Å². The summed E-state index contributed by atoms with van der Waals surface area (Å²) in [5.74, 6) is 0.496. The van der Waals surface area contributed by atoms with Crippen LogP contribution in [0, 0.1) is 11.8 Å². The highest BCUT2D eigenvalue weighted by Crippen LogP contribution is 2.39. The Kier molecular flexibility index (Phi) is 2.27. The predicted molar refractivity (Wildman–Crippen MR) is 49.3 cm³/mol. The van der Waals surface area contributed by atoms with Gasteiger partial charge in [-0.25, -0.2) is 4.39 Å². The standard InChI is InChI=1S/C10H16FN/c1-5-6(2)9(8(4)11)10(12)7(5)3/h5-6,8H,3,12H2,1-2,4H3/t5?,6-,8?/m0/s1. The molecular formula is C10H16FN. The molecule has 0 amide bonds. The first-order valence-corrected chi connectivity index (χ1v) is 4.29. The number of nitrogens with two attached hydrogens (primary N) is 1. The third kappa shape index (κ3) is 1.15. The van der Waals surface area contributed by atoms with Gasteiger partial charge in [0.05, 0.1) is 0 Å². The summed E-state index contributed by atoms with van der Waals surface area (Å²) in [4.78, 5) is 0. The van der Waals surface area contributed by atoms with E-state index in [0.717, 1.165) is 11.1 Å². The maximum absolute atomic E-state index is 13.1. The molecule has 2 unspecified atom stereocenters. The summed E-state index contributed by atoms with van der Waals surface area (Å²) in [5, 5.41) is 0. The van der Waals surface area contributed by atoms with E-state index >= 15 is 0 Å². The van der Waals surface area contributed by atoms with E-state index < -0.39 is 6.17 Å². The number of allylic oxidation sites excluding steroid dienone is 2. The van der Waals surface area contributed by atoms with Gasteiger partial charge in [-0.3, -0.25) is 0 Å². The third-order valence-corrected chi connectivity index (χ3v) is 2.88. The molecule has 1 aliphatic carbocycles. The largest absolute Gasteiger partial charge is 0.398 e. The fourth-order valence-electron chi connectivity index (χ4n) is 1.82. The van der Waals surface area contributed by atoms with Crippen LogP contribution in [0.2, 0.25) is 0 Å². The molecule has 0 aliphatic heterocycles. The summed E-state index contributed by atoms with van der Waals surface area (Å²) in [6.45, 7) is 9.42. The summed E-state index contributed by atoms with van der Waals surface area (Å²) in [6.07, 6.45) is -0.943. The van der Waals surface area contributed by atoms with Gasteiger partial charge in [-0.1, -0.05) is 20.4 Å². The molecule has 1 aliphatic rings. The van der Waals surface area contributed by atoms with E-state index in [2.05, 4.69) is 6.58 Å². The summed E-state index contributed by atoms with van der Waals surface area (Å²) < 4.78 is 13.1. The minimum Gasteiger partial charge on any atom is -0.398 e. The Balaban J connectivity index is 3.04. The van der Waals surface area contributed by atoms with Crippen LogP contribution in [0.5, 0.6) is 0 Å². The van der Waals surface area contributed by atoms with E-state index in [1.165, 1.54) is 6.92 Å². The lowest BCUT2D eigenvalue weighted by molar-refractivity contribution is 0.368. The van der Waals surface area contributed by atoms with Gasteiger partial charge in [-0.15, -0.1) is 0 Å². The van der Waals surface area contributed by atoms with Crippen LogP contribution in [0.4, 0.5) is 4.39 Å². The zero-order chi connectivity index (χ0) is 9.46. The van der Waals surface area contributed by atoms with Crippen LogP contribution in [0.3, 0.4) is 0 Å². The molecule has 68 valence electrons. The second-order valence-corrected chi connectivity index (χ2v) is 3.59. The van der Waals surface area contributed by atoms with Crippen molar-refractivity contribution in [2.24, 2.45) is 17.6 Å². The smallest absolute Gasteiger partial charge is 0.121 e. The number of rotatable bonds is 1. The van der Waals surface area contributed by atoms with Gasteiger partial charge >= 0.3 is 0 Å². The van der Waals surface area contributed by atoms with E-state index in [-0.39, 0.29) is 11.8 Å². The van der Waals surface area contributed by atoms with E-state index in [1.54, 1.807) is 0 Å². The van der Waals surface area contributed by atoms with Crippen molar-refractivity contribution >= 4 is 0 Å². The van der Waals surface area contributed by atoms with Gasteiger partial charge in [0.1, 0.15) is 6.17 Å². The van der Waals surface area contributed by atoms with Crippen molar-refractivity contribution in [2.45, 2.75) is 26.9 Å². The summed E-state index contributed by atoms with van der Waals surface area (Å²) in [6, 6.07) is 0. The molecular weight excluding hydrogens is 153 g/mol. The minimum atomic E-state index is -0.943. The Labute approximate surface area is 73.1 Å². The molecule has 1 rings (SSSR count). The average molecular weight is 169 g/mol. The lowest BCUT2D eigenvalue weighted by Gasteiger charge is -2.14. The van der Waals surface area contributed by atoms with Crippen LogP contribution in [0.1, 0.15) is 20.8 Å². The molecule has 2 N–H and O–H groups in total. The number of hydrogen-bond donors (Lipinski definition) is 1. The van der Waals surface area contributed by atoms with Crippen molar-refractivity contribution in [2.75, 3.05) is 0 Å². The van der Waals surface area contributed by atoms with Gasteiger partial charge in [-0.05, 0) is 29.9 Å². The molecule has 0 fully saturated rings. The number of hydrogen-bond acceptors (Lipinski definition) is 1. The Hall–Kier alpha value is -0.790. The molecule has 2 heteroatoms. The number of alkyl halides is 1. The summed E-state index contributed by atoms with van der Waals surface area (Å²) >= 11 is 0. The normalized spacial score (nSPS) is 32.8. The molecule has 1 nitrogen and oxygen atoms in total. The number of halogens is 1. The second kappa shape index (κ2) is 2.92. The molecule has 0 radical (unpaired) electrons. The van der Waals surface area contributed by atoms with Crippen LogP contribution < -0.4 is 5.73 Å². The van der Waals surface area contributed by atoms with Gasteiger partial charge in [-0.2, -0.15) is 0 Å². The van der Waals surface area contributed by atoms with E-state index in [4.69, 9.17) is 5.73 Å². The van der Waals surface area contributed by atoms with E-state index in [9.17, 15) is 4.39 Å². The Morgan fingerprint density at radius 3 is 2.08 bits per heavy atom. The van der Waals surface area contributed by atoms with Gasteiger partial charge in [0.25, 0.3) is 0 Å². The van der Waals surface area contributed by atoms with E-state index in [0.29, 0.717) is 5.70 Å². The van der Waals surface area contributed by atoms with Crippen molar-refractivity contribution in [3.63, 3.8) is 0 Å². The zero-order valence-corrected chi connectivity index (χ0v) is 7.89. The molecule has 0 saturated carbocycles. The first-order valence-electron chi connectivity index (χ1n) is 4.29. The van der Waals surface area contributed by atoms with Gasteiger partial charge in [0.15, 0.2) is 0 Å². The summed E-state index contributed by atoms with van der Waals surface area (Å²) in [7, 11) is 0. The quantitative estimate of drug-likeness (QED) is 0.641. The fraction of sp³-hybridized carbons (Fsp3) is 0.600. The molecule has 0 heterocycles. The monoisotopic (exact) mass is 169 g/mol. The Morgan fingerprint density at radius 2 is 1.92 bits per heavy atom. The topological polar surface area (TPSA) is 26.0 Å². The van der Waals surface area contributed by atoms with Crippen LogP contribution in [-0.2, 0) is 0 Å². The van der Waals surface area contributed by atoms with Crippen molar-refractivity contribution in [3.05, 3.63) is 23.4 Å². The molecule has 0 saturated heterocycles. The molecule has 0 aromatic rings. The SMILES string of the molecule is C=C1C(N)=C(C(C)F)[C@@H](C)C1C. The third-order valence-electron chi connectivity index (χ3n) is 2.88. The molecule has 0 bridgehead atoms. The molecule has 0 aromatic heterocycles. The molecule has 0 spiro atoms. The van der Waals surface area contributed by atoms with Gasteiger partial charge < -0.3 is 5.73 Å². The molecule has 12 heavy (non-hydrogen) atoms. The van der Waals surface area contributed by atoms with Crippen LogP contribution in [0.15, 0.2) is 23.4 Å². The highest BCUT2D eigenvalue weighted by molar-refractivity contribution is 5.42. The molecule has 0 aromatic carbocycles.